The highest BCUT2D eigenvalue weighted by Gasteiger charge is 2.33. The normalized spacial score (nSPS) is 11.6. The van der Waals surface area contributed by atoms with E-state index in [9.17, 15) is 18.0 Å². The minimum absolute atomic E-state index is 0.129. The lowest BCUT2D eigenvalue weighted by Gasteiger charge is -2.07. The molecule has 94 valence electrons. The predicted molar refractivity (Wildman–Crippen MR) is 59.0 cm³/mol. The Balaban J connectivity index is 2.56. The van der Waals surface area contributed by atoms with E-state index in [-0.39, 0.29) is 16.3 Å². The average molecular weight is 275 g/mol. The molecular weight excluding hydrogens is 269 g/mol. The van der Waals surface area contributed by atoms with Gasteiger partial charge in [-0.2, -0.15) is 18.3 Å². The molecule has 18 heavy (non-hydrogen) atoms. The van der Waals surface area contributed by atoms with Gasteiger partial charge < -0.3 is 0 Å². The lowest BCUT2D eigenvalue weighted by molar-refractivity contribution is -0.141. The van der Waals surface area contributed by atoms with Crippen LogP contribution in [0.3, 0.4) is 0 Å². The highest BCUT2D eigenvalue weighted by Crippen LogP contribution is 2.29. The van der Waals surface area contributed by atoms with Crippen molar-refractivity contribution in [3.05, 3.63) is 46.7 Å². The number of aldehydes is 1. The van der Waals surface area contributed by atoms with E-state index in [0.29, 0.717) is 6.29 Å². The summed E-state index contributed by atoms with van der Waals surface area (Å²) in [5.41, 5.74) is -0.747. The Morgan fingerprint density at radius 2 is 2.00 bits per heavy atom. The molecule has 1 heterocycles. The van der Waals surface area contributed by atoms with E-state index in [2.05, 4.69) is 5.10 Å². The van der Waals surface area contributed by atoms with Crippen molar-refractivity contribution in [2.75, 3.05) is 0 Å². The number of carbonyl (C=O) groups excluding carboxylic acids is 1. The molecule has 0 N–H and O–H groups in total. The molecule has 0 unspecified atom stereocenters. The highest BCUT2D eigenvalue weighted by atomic mass is 35.5. The lowest BCUT2D eigenvalue weighted by Crippen LogP contribution is -2.08. The van der Waals surface area contributed by atoms with Crippen molar-refractivity contribution in [2.45, 2.75) is 6.18 Å². The minimum Gasteiger partial charge on any atom is -0.298 e. The molecule has 1 aromatic carbocycles. The van der Waals surface area contributed by atoms with Gasteiger partial charge in [0.1, 0.15) is 0 Å². The second kappa shape index (κ2) is 4.45. The fourth-order valence-electron chi connectivity index (χ4n) is 1.47. The molecule has 0 saturated heterocycles. The van der Waals surface area contributed by atoms with Gasteiger partial charge in [-0.15, -0.1) is 0 Å². The van der Waals surface area contributed by atoms with Gasteiger partial charge in [0.05, 0.1) is 10.7 Å². The number of carbonyl (C=O) groups is 1. The fourth-order valence-corrected chi connectivity index (χ4v) is 1.74. The number of aromatic nitrogens is 2. The maximum absolute atomic E-state index is 12.4. The number of halogens is 4. The summed E-state index contributed by atoms with van der Waals surface area (Å²) in [4.78, 5) is 10.8. The molecule has 0 spiro atoms. The molecular formula is C11H6ClF3N2O. The highest BCUT2D eigenvalue weighted by molar-refractivity contribution is 6.32. The average Bonchev–Trinajstić information content (AvgIpc) is 2.77. The standard InChI is InChI=1S/C11H6ClF3N2O/c12-8-3-1-2-7(6-18)10(8)17-5-4-9(16-17)11(13,14)15/h1-6H. The zero-order valence-electron chi connectivity index (χ0n) is 8.78. The van der Waals surface area contributed by atoms with Gasteiger partial charge in [0.25, 0.3) is 0 Å². The zero-order chi connectivity index (χ0) is 13.3. The van der Waals surface area contributed by atoms with Crippen molar-refractivity contribution in [3.8, 4) is 5.69 Å². The first-order valence-corrected chi connectivity index (χ1v) is 5.18. The fraction of sp³-hybridized carbons (Fsp3) is 0.0909. The Labute approximate surface area is 105 Å². The van der Waals surface area contributed by atoms with Crippen LogP contribution in [0.15, 0.2) is 30.5 Å². The summed E-state index contributed by atoms with van der Waals surface area (Å²) >= 11 is 5.87. The molecule has 0 saturated carbocycles. The summed E-state index contributed by atoms with van der Waals surface area (Å²) in [5, 5.41) is 3.52. The van der Waals surface area contributed by atoms with Crippen LogP contribution in [0, 0.1) is 0 Å². The van der Waals surface area contributed by atoms with E-state index in [1.807, 2.05) is 0 Å². The number of benzene rings is 1. The Bertz CT molecular complexity index is 592. The topological polar surface area (TPSA) is 34.9 Å². The number of nitrogens with zero attached hydrogens (tertiary/aromatic N) is 2. The van der Waals surface area contributed by atoms with Crippen LogP contribution in [0.1, 0.15) is 16.1 Å². The molecule has 7 heteroatoms. The molecule has 0 radical (unpaired) electrons. The van der Waals surface area contributed by atoms with Crippen molar-refractivity contribution in [1.29, 1.82) is 0 Å². The maximum Gasteiger partial charge on any atom is 0.435 e. The Morgan fingerprint density at radius 3 is 2.56 bits per heavy atom. The molecule has 0 aliphatic rings. The number of hydrogen-bond donors (Lipinski definition) is 0. The first-order chi connectivity index (χ1) is 8.43. The number of rotatable bonds is 2. The largest absolute Gasteiger partial charge is 0.435 e. The second-order valence-electron chi connectivity index (χ2n) is 3.44. The van der Waals surface area contributed by atoms with Gasteiger partial charge in [-0.3, -0.25) is 4.79 Å². The molecule has 2 aromatic rings. The first-order valence-electron chi connectivity index (χ1n) is 4.80. The lowest BCUT2D eigenvalue weighted by atomic mass is 10.2. The van der Waals surface area contributed by atoms with E-state index < -0.39 is 11.9 Å². The summed E-state index contributed by atoms with van der Waals surface area (Å²) in [6, 6.07) is 5.27. The third kappa shape index (κ3) is 2.24. The first kappa shape index (κ1) is 12.6. The van der Waals surface area contributed by atoms with Gasteiger partial charge in [0.2, 0.25) is 0 Å². The summed E-state index contributed by atoms with van der Waals surface area (Å²) < 4.78 is 38.2. The van der Waals surface area contributed by atoms with Crippen LogP contribution in [0.5, 0.6) is 0 Å². The molecule has 0 aliphatic carbocycles. The Kier molecular flexibility index (Phi) is 3.13. The predicted octanol–water partition coefficient (Wildman–Crippen LogP) is 3.36. The molecule has 2 rings (SSSR count). The van der Waals surface area contributed by atoms with E-state index in [1.165, 1.54) is 18.2 Å². The second-order valence-corrected chi connectivity index (χ2v) is 3.85. The van der Waals surface area contributed by atoms with E-state index in [0.717, 1.165) is 16.9 Å². The van der Waals surface area contributed by atoms with Gasteiger partial charge in [-0.25, -0.2) is 4.68 Å². The van der Waals surface area contributed by atoms with Gasteiger partial charge in [-0.1, -0.05) is 17.7 Å². The molecule has 0 aliphatic heterocycles. The smallest absolute Gasteiger partial charge is 0.298 e. The zero-order valence-corrected chi connectivity index (χ0v) is 9.53. The van der Waals surface area contributed by atoms with Crippen molar-refractivity contribution >= 4 is 17.9 Å². The third-order valence-electron chi connectivity index (χ3n) is 2.25. The summed E-state index contributed by atoms with van der Waals surface area (Å²) in [6.07, 6.45) is -2.92. The van der Waals surface area contributed by atoms with Crippen LogP contribution in [0.2, 0.25) is 5.02 Å². The third-order valence-corrected chi connectivity index (χ3v) is 2.56. The minimum atomic E-state index is -4.53. The number of para-hydroxylation sites is 1. The molecule has 0 amide bonds. The van der Waals surface area contributed by atoms with Gasteiger partial charge >= 0.3 is 6.18 Å². The number of alkyl halides is 3. The summed E-state index contributed by atoms with van der Waals surface area (Å²) in [7, 11) is 0. The van der Waals surface area contributed by atoms with Crippen LogP contribution in [-0.4, -0.2) is 16.1 Å². The van der Waals surface area contributed by atoms with Crippen LogP contribution >= 0.6 is 11.6 Å². The molecule has 0 atom stereocenters. The van der Waals surface area contributed by atoms with Gasteiger partial charge in [0, 0.05) is 11.8 Å². The Morgan fingerprint density at radius 1 is 1.28 bits per heavy atom. The number of hydrogen-bond acceptors (Lipinski definition) is 2. The van der Waals surface area contributed by atoms with Crippen molar-refractivity contribution in [3.63, 3.8) is 0 Å². The summed E-state index contributed by atoms with van der Waals surface area (Å²) in [6.45, 7) is 0. The van der Waals surface area contributed by atoms with E-state index in [1.54, 1.807) is 0 Å². The van der Waals surface area contributed by atoms with Crippen molar-refractivity contribution in [1.82, 2.24) is 9.78 Å². The van der Waals surface area contributed by atoms with Crippen LogP contribution in [0.4, 0.5) is 13.2 Å². The van der Waals surface area contributed by atoms with Crippen LogP contribution in [0.25, 0.3) is 5.69 Å². The molecule has 1 aromatic heterocycles. The van der Waals surface area contributed by atoms with E-state index >= 15 is 0 Å². The molecule has 3 nitrogen and oxygen atoms in total. The molecule has 0 fully saturated rings. The van der Waals surface area contributed by atoms with E-state index in [4.69, 9.17) is 11.6 Å². The van der Waals surface area contributed by atoms with Gasteiger partial charge in [-0.05, 0) is 18.2 Å². The van der Waals surface area contributed by atoms with Crippen LogP contribution < -0.4 is 0 Å². The van der Waals surface area contributed by atoms with Crippen LogP contribution in [-0.2, 0) is 6.18 Å². The van der Waals surface area contributed by atoms with Crippen molar-refractivity contribution in [2.24, 2.45) is 0 Å². The Hall–Kier alpha value is -1.82. The van der Waals surface area contributed by atoms with Crippen molar-refractivity contribution < 1.29 is 18.0 Å². The summed E-state index contributed by atoms with van der Waals surface area (Å²) in [5.74, 6) is 0. The SMILES string of the molecule is O=Cc1cccc(Cl)c1-n1ccc(C(F)(F)F)n1. The van der Waals surface area contributed by atoms with Gasteiger partial charge in [0.15, 0.2) is 12.0 Å². The molecule has 0 bridgehead atoms. The quantitative estimate of drug-likeness (QED) is 0.787. The maximum atomic E-state index is 12.4. The monoisotopic (exact) mass is 274 g/mol.